The van der Waals surface area contributed by atoms with E-state index in [4.69, 9.17) is 0 Å². The zero-order valence-electron chi connectivity index (χ0n) is 14.0. The molecule has 2 rings (SSSR count). The molecule has 6 nitrogen and oxygen atoms in total. The third-order valence-electron chi connectivity index (χ3n) is 3.77. The quantitative estimate of drug-likeness (QED) is 0.249. The molecule has 0 unspecified atom stereocenters. The lowest BCUT2D eigenvalue weighted by molar-refractivity contribution is 0.581. The van der Waals surface area contributed by atoms with E-state index in [0.717, 1.165) is 12.5 Å². The van der Waals surface area contributed by atoms with Gasteiger partial charge < -0.3 is 10.6 Å². The summed E-state index contributed by atoms with van der Waals surface area (Å²) in [5, 5.41) is 6.61. The summed E-state index contributed by atoms with van der Waals surface area (Å²) >= 11 is 0. The van der Waals surface area contributed by atoms with Crippen LogP contribution in [0.15, 0.2) is 40.2 Å². The number of aliphatic imine (C=N–C) groups is 1. The van der Waals surface area contributed by atoms with Gasteiger partial charge >= 0.3 is 0 Å². The summed E-state index contributed by atoms with van der Waals surface area (Å²) in [6.07, 6.45) is 4.86. The van der Waals surface area contributed by atoms with Gasteiger partial charge in [-0.05, 0) is 31.9 Å². The van der Waals surface area contributed by atoms with Crippen LogP contribution < -0.4 is 15.4 Å². The molecule has 0 saturated heterocycles. The number of benzene rings is 1. The van der Waals surface area contributed by atoms with E-state index in [-0.39, 0.29) is 35.4 Å². The maximum Gasteiger partial charge on any atom is 0.240 e. The normalized spacial score (nSPS) is 15.8. The van der Waals surface area contributed by atoms with Crippen molar-refractivity contribution in [2.75, 3.05) is 19.6 Å². The molecular formula is C16H27IN4O2S. The number of hydrogen-bond donors (Lipinski definition) is 3. The molecule has 0 aromatic heterocycles. The summed E-state index contributed by atoms with van der Waals surface area (Å²) in [6.45, 7) is 3.48. The molecule has 1 aromatic rings. The van der Waals surface area contributed by atoms with Crippen molar-refractivity contribution < 1.29 is 8.42 Å². The van der Waals surface area contributed by atoms with E-state index in [1.165, 1.54) is 25.7 Å². The number of guanidine groups is 1. The van der Waals surface area contributed by atoms with Gasteiger partial charge in [0.15, 0.2) is 5.96 Å². The largest absolute Gasteiger partial charge is 0.357 e. The average Bonchev–Trinajstić information content (AvgIpc) is 3.05. The molecule has 0 heterocycles. The van der Waals surface area contributed by atoms with E-state index in [0.29, 0.717) is 12.6 Å². The fourth-order valence-electron chi connectivity index (χ4n) is 2.61. The van der Waals surface area contributed by atoms with Crippen LogP contribution >= 0.6 is 24.0 Å². The van der Waals surface area contributed by atoms with E-state index >= 15 is 0 Å². The van der Waals surface area contributed by atoms with Crippen molar-refractivity contribution in [3.05, 3.63) is 30.3 Å². The van der Waals surface area contributed by atoms with Gasteiger partial charge in [0, 0.05) is 19.1 Å². The van der Waals surface area contributed by atoms with Gasteiger partial charge in [-0.2, -0.15) is 0 Å². The van der Waals surface area contributed by atoms with Gasteiger partial charge in [0.25, 0.3) is 0 Å². The third-order valence-corrected chi connectivity index (χ3v) is 5.24. The van der Waals surface area contributed by atoms with E-state index in [1.54, 1.807) is 30.3 Å². The minimum atomic E-state index is -3.45. The number of nitrogens with zero attached hydrogens (tertiary/aromatic N) is 1. The van der Waals surface area contributed by atoms with Crippen LogP contribution in [0.4, 0.5) is 0 Å². The Bertz CT molecular complexity index is 602. The molecule has 1 aliphatic rings. The Morgan fingerprint density at radius 3 is 2.50 bits per heavy atom. The second-order valence-corrected chi connectivity index (χ2v) is 7.36. The van der Waals surface area contributed by atoms with Crippen molar-refractivity contribution >= 4 is 40.0 Å². The van der Waals surface area contributed by atoms with Crippen LogP contribution in [0.25, 0.3) is 0 Å². The Hall–Kier alpha value is -0.870. The molecule has 0 bridgehead atoms. The molecule has 24 heavy (non-hydrogen) atoms. The SMILES string of the molecule is CCNC(=NCCNS(=O)(=O)c1ccccc1)NC1CCCC1.I. The summed E-state index contributed by atoms with van der Waals surface area (Å²) in [5.41, 5.74) is 0. The van der Waals surface area contributed by atoms with Crippen molar-refractivity contribution in [1.29, 1.82) is 0 Å². The lowest BCUT2D eigenvalue weighted by Crippen LogP contribution is -2.42. The number of hydrogen-bond acceptors (Lipinski definition) is 3. The van der Waals surface area contributed by atoms with E-state index in [2.05, 4.69) is 20.3 Å². The zero-order chi connectivity index (χ0) is 16.5. The van der Waals surface area contributed by atoms with Gasteiger partial charge in [0.2, 0.25) is 10.0 Å². The number of nitrogens with one attached hydrogen (secondary N) is 3. The third kappa shape index (κ3) is 6.94. The van der Waals surface area contributed by atoms with Gasteiger partial charge in [0.1, 0.15) is 0 Å². The first-order chi connectivity index (χ1) is 11.1. The smallest absolute Gasteiger partial charge is 0.240 e. The first-order valence-electron chi connectivity index (χ1n) is 8.21. The maximum atomic E-state index is 12.1. The van der Waals surface area contributed by atoms with Crippen LogP contribution in [0.5, 0.6) is 0 Å². The predicted octanol–water partition coefficient (Wildman–Crippen LogP) is 2.08. The molecule has 0 aliphatic heterocycles. The monoisotopic (exact) mass is 466 g/mol. The van der Waals surface area contributed by atoms with Crippen molar-refractivity contribution in [2.45, 2.75) is 43.5 Å². The molecule has 0 amide bonds. The molecule has 0 atom stereocenters. The van der Waals surface area contributed by atoms with Crippen molar-refractivity contribution in [2.24, 2.45) is 4.99 Å². The van der Waals surface area contributed by atoms with Crippen LogP contribution in [0, 0.1) is 0 Å². The van der Waals surface area contributed by atoms with Crippen molar-refractivity contribution in [1.82, 2.24) is 15.4 Å². The Kier molecular flexibility index (Phi) is 9.60. The first kappa shape index (κ1) is 21.2. The zero-order valence-corrected chi connectivity index (χ0v) is 17.1. The molecule has 136 valence electrons. The fourth-order valence-corrected chi connectivity index (χ4v) is 3.66. The van der Waals surface area contributed by atoms with Gasteiger partial charge in [0.05, 0.1) is 11.4 Å². The highest BCUT2D eigenvalue weighted by Crippen LogP contribution is 2.17. The Balaban J connectivity index is 0.00000288. The van der Waals surface area contributed by atoms with E-state index < -0.39 is 10.0 Å². The Morgan fingerprint density at radius 1 is 1.21 bits per heavy atom. The Labute approximate surface area is 162 Å². The van der Waals surface area contributed by atoms with Crippen LogP contribution in [0.1, 0.15) is 32.6 Å². The minimum absolute atomic E-state index is 0. The molecule has 0 radical (unpaired) electrons. The molecule has 3 N–H and O–H groups in total. The lowest BCUT2D eigenvalue weighted by atomic mass is 10.2. The Morgan fingerprint density at radius 2 is 1.88 bits per heavy atom. The molecule has 1 aliphatic carbocycles. The summed E-state index contributed by atoms with van der Waals surface area (Å²) < 4.78 is 26.8. The van der Waals surface area contributed by atoms with Crippen molar-refractivity contribution in [3.63, 3.8) is 0 Å². The van der Waals surface area contributed by atoms with Crippen LogP contribution in [0.2, 0.25) is 0 Å². The minimum Gasteiger partial charge on any atom is -0.357 e. The van der Waals surface area contributed by atoms with Gasteiger partial charge in [-0.25, -0.2) is 13.1 Å². The van der Waals surface area contributed by atoms with E-state index in [1.807, 2.05) is 6.92 Å². The maximum absolute atomic E-state index is 12.1. The molecular weight excluding hydrogens is 439 g/mol. The highest BCUT2D eigenvalue weighted by Gasteiger charge is 2.16. The highest BCUT2D eigenvalue weighted by molar-refractivity contribution is 14.0. The average molecular weight is 466 g/mol. The summed E-state index contributed by atoms with van der Waals surface area (Å²) in [5.74, 6) is 0.762. The van der Waals surface area contributed by atoms with Gasteiger partial charge in [-0.3, -0.25) is 4.99 Å². The number of rotatable bonds is 7. The van der Waals surface area contributed by atoms with Gasteiger partial charge in [-0.1, -0.05) is 31.0 Å². The fraction of sp³-hybridized carbons (Fsp3) is 0.562. The summed E-state index contributed by atoms with van der Waals surface area (Å²) in [7, 11) is -3.45. The summed E-state index contributed by atoms with van der Waals surface area (Å²) in [6, 6.07) is 8.85. The molecule has 0 spiro atoms. The molecule has 1 fully saturated rings. The van der Waals surface area contributed by atoms with Crippen LogP contribution in [0.3, 0.4) is 0 Å². The highest BCUT2D eigenvalue weighted by atomic mass is 127. The van der Waals surface area contributed by atoms with Crippen molar-refractivity contribution in [3.8, 4) is 0 Å². The standard InChI is InChI=1S/C16H26N4O2S.HI/c1-2-17-16(20-14-8-6-7-9-14)18-12-13-19-23(21,22)15-10-4-3-5-11-15;/h3-5,10-11,14,19H,2,6-9,12-13H2,1H3,(H2,17,18,20);1H. The molecule has 1 saturated carbocycles. The lowest BCUT2D eigenvalue weighted by Gasteiger charge is -2.16. The predicted molar refractivity (Wildman–Crippen MR) is 108 cm³/mol. The van der Waals surface area contributed by atoms with Crippen LogP contribution in [-0.2, 0) is 10.0 Å². The second-order valence-electron chi connectivity index (χ2n) is 5.60. The topological polar surface area (TPSA) is 82.6 Å². The number of halogens is 1. The second kappa shape index (κ2) is 10.9. The van der Waals surface area contributed by atoms with Gasteiger partial charge in [-0.15, -0.1) is 24.0 Å². The number of sulfonamides is 1. The first-order valence-corrected chi connectivity index (χ1v) is 9.69. The molecule has 1 aromatic carbocycles. The molecule has 8 heteroatoms. The van der Waals surface area contributed by atoms with Crippen LogP contribution in [-0.4, -0.2) is 40.1 Å². The van der Waals surface area contributed by atoms with E-state index in [9.17, 15) is 8.42 Å². The summed E-state index contributed by atoms with van der Waals surface area (Å²) in [4.78, 5) is 4.72.